The summed E-state index contributed by atoms with van der Waals surface area (Å²) in [7, 11) is 1.65. The highest BCUT2D eigenvalue weighted by atomic mass is 16.5. The molecular formula is C14H19N3O2. The molecule has 0 spiro atoms. The van der Waals surface area contributed by atoms with Crippen molar-refractivity contribution in [2.75, 3.05) is 7.11 Å². The highest BCUT2D eigenvalue weighted by Crippen LogP contribution is 2.15. The van der Waals surface area contributed by atoms with E-state index in [-0.39, 0.29) is 6.04 Å². The first-order valence-electron chi connectivity index (χ1n) is 6.41. The highest BCUT2D eigenvalue weighted by Gasteiger charge is 2.10. The second-order valence-corrected chi connectivity index (χ2v) is 4.51. The molecule has 1 aromatic heterocycles. The molecule has 0 fully saturated rings. The molecule has 0 saturated heterocycles. The number of rotatable bonds is 6. The summed E-state index contributed by atoms with van der Waals surface area (Å²) < 4.78 is 10.4. The molecule has 1 aromatic carbocycles. The zero-order valence-corrected chi connectivity index (χ0v) is 11.3. The molecule has 5 nitrogen and oxygen atoms in total. The molecule has 19 heavy (non-hydrogen) atoms. The van der Waals surface area contributed by atoms with Crippen molar-refractivity contribution >= 4 is 0 Å². The minimum Gasteiger partial charge on any atom is -0.497 e. The van der Waals surface area contributed by atoms with Crippen molar-refractivity contribution in [3.05, 3.63) is 41.5 Å². The minimum absolute atomic E-state index is 0.0854. The van der Waals surface area contributed by atoms with Crippen LogP contribution in [0.4, 0.5) is 0 Å². The smallest absolute Gasteiger partial charge is 0.231 e. The minimum atomic E-state index is 0.0854. The van der Waals surface area contributed by atoms with E-state index in [1.54, 1.807) is 7.11 Å². The van der Waals surface area contributed by atoms with Crippen molar-refractivity contribution < 1.29 is 9.26 Å². The molecule has 1 heterocycles. The first-order chi connectivity index (χ1) is 9.21. The van der Waals surface area contributed by atoms with Gasteiger partial charge < -0.3 is 15.0 Å². The lowest BCUT2D eigenvalue weighted by Crippen LogP contribution is -2.22. The molecule has 1 unspecified atom stereocenters. The number of nitrogens with zero attached hydrogens (tertiary/aromatic N) is 2. The summed E-state index contributed by atoms with van der Waals surface area (Å²) in [6.07, 6.45) is 2.16. The van der Waals surface area contributed by atoms with Gasteiger partial charge in [0.25, 0.3) is 0 Å². The lowest BCUT2D eigenvalue weighted by atomic mass is 10.1. The first-order valence-corrected chi connectivity index (χ1v) is 6.41. The fraction of sp³-hybridized carbons (Fsp3) is 0.429. The molecule has 0 aliphatic rings. The quantitative estimate of drug-likeness (QED) is 0.860. The van der Waals surface area contributed by atoms with E-state index in [1.807, 2.05) is 31.2 Å². The summed E-state index contributed by atoms with van der Waals surface area (Å²) >= 11 is 0. The van der Waals surface area contributed by atoms with Crippen LogP contribution in [-0.2, 0) is 12.8 Å². The molecular weight excluding hydrogens is 242 g/mol. The summed E-state index contributed by atoms with van der Waals surface area (Å²) in [5.41, 5.74) is 6.94. The molecule has 0 bridgehead atoms. The number of aromatic nitrogens is 2. The maximum atomic E-state index is 5.87. The van der Waals surface area contributed by atoms with Crippen molar-refractivity contribution in [2.24, 2.45) is 5.73 Å². The summed E-state index contributed by atoms with van der Waals surface area (Å²) in [5.74, 6) is 2.10. The van der Waals surface area contributed by atoms with Gasteiger partial charge in [-0.25, -0.2) is 0 Å². The molecule has 0 radical (unpaired) electrons. The van der Waals surface area contributed by atoms with Gasteiger partial charge in [0, 0.05) is 12.5 Å². The molecule has 2 aromatic rings. The van der Waals surface area contributed by atoms with Crippen molar-refractivity contribution in [3.8, 4) is 5.75 Å². The molecule has 0 saturated carbocycles. The van der Waals surface area contributed by atoms with Gasteiger partial charge in [-0.1, -0.05) is 24.2 Å². The Morgan fingerprint density at radius 1 is 1.42 bits per heavy atom. The molecule has 1 atom stereocenters. The largest absolute Gasteiger partial charge is 0.497 e. The van der Waals surface area contributed by atoms with Crippen LogP contribution in [0, 0.1) is 0 Å². The van der Waals surface area contributed by atoms with Crippen LogP contribution in [0.2, 0.25) is 0 Å². The van der Waals surface area contributed by atoms with Gasteiger partial charge >= 0.3 is 0 Å². The van der Waals surface area contributed by atoms with Crippen LogP contribution >= 0.6 is 0 Å². The van der Waals surface area contributed by atoms with Gasteiger partial charge in [-0.3, -0.25) is 0 Å². The Morgan fingerprint density at radius 2 is 2.26 bits per heavy atom. The van der Waals surface area contributed by atoms with Crippen molar-refractivity contribution in [3.63, 3.8) is 0 Å². The summed E-state index contributed by atoms with van der Waals surface area (Å²) in [5, 5.41) is 3.95. The standard InChI is InChI=1S/C14H19N3O2/c1-3-11(15)9-13-16-14(19-17-13)8-10-5-4-6-12(7-10)18-2/h4-7,11H,3,8-9,15H2,1-2H3. The summed E-state index contributed by atoms with van der Waals surface area (Å²) in [6, 6.07) is 7.90. The van der Waals surface area contributed by atoms with Crippen LogP contribution in [0.3, 0.4) is 0 Å². The lowest BCUT2D eigenvalue weighted by Gasteiger charge is -2.03. The Morgan fingerprint density at radius 3 is 3.00 bits per heavy atom. The van der Waals surface area contributed by atoms with Gasteiger partial charge in [-0.15, -0.1) is 0 Å². The average molecular weight is 261 g/mol. The number of benzene rings is 1. The average Bonchev–Trinajstić information content (AvgIpc) is 2.86. The van der Waals surface area contributed by atoms with Crippen molar-refractivity contribution in [1.82, 2.24) is 10.1 Å². The van der Waals surface area contributed by atoms with E-state index in [4.69, 9.17) is 15.0 Å². The maximum absolute atomic E-state index is 5.87. The van der Waals surface area contributed by atoms with Crippen LogP contribution in [0.1, 0.15) is 30.6 Å². The third-order valence-electron chi connectivity index (χ3n) is 2.97. The van der Waals surface area contributed by atoms with Gasteiger partial charge in [0.1, 0.15) is 5.75 Å². The molecule has 2 rings (SSSR count). The number of methoxy groups -OCH3 is 1. The fourth-order valence-corrected chi connectivity index (χ4v) is 1.78. The van der Waals surface area contributed by atoms with E-state index < -0.39 is 0 Å². The summed E-state index contributed by atoms with van der Waals surface area (Å²) in [6.45, 7) is 2.04. The second kappa shape index (κ2) is 6.33. The Labute approximate surface area is 112 Å². The molecule has 0 aliphatic heterocycles. The first kappa shape index (κ1) is 13.5. The van der Waals surface area contributed by atoms with Crippen LogP contribution < -0.4 is 10.5 Å². The van der Waals surface area contributed by atoms with E-state index in [1.165, 1.54) is 0 Å². The number of nitrogens with two attached hydrogens (primary N) is 1. The monoisotopic (exact) mass is 261 g/mol. The van der Waals surface area contributed by atoms with Crippen LogP contribution in [0.15, 0.2) is 28.8 Å². The Hall–Kier alpha value is -1.88. The van der Waals surface area contributed by atoms with Crippen molar-refractivity contribution in [1.29, 1.82) is 0 Å². The number of ether oxygens (including phenoxy) is 1. The normalized spacial score (nSPS) is 12.4. The lowest BCUT2D eigenvalue weighted by molar-refractivity contribution is 0.377. The van der Waals surface area contributed by atoms with Crippen LogP contribution in [0.25, 0.3) is 0 Å². The zero-order chi connectivity index (χ0) is 13.7. The van der Waals surface area contributed by atoms with E-state index in [0.29, 0.717) is 24.6 Å². The highest BCUT2D eigenvalue weighted by molar-refractivity contribution is 5.29. The molecule has 5 heteroatoms. The van der Waals surface area contributed by atoms with E-state index >= 15 is 0 Å². The fourth-order valence-electron chi connectivity index (χ4n) is 1.78. The van der Waals surface area contributed by atoms with E-state index in [0.717, 1.165) is 17.7 Å². The van der Waals surface area contributed by atoms with Crippen molar-refractivity contribution in [2.45, 2.75) is 32.2 Å². The topological polar surface area (TPSA) is 74.2 Å². The SMILES string of the molecule is CCC(N)Cc1noc(Cc2cccc(OC)c2)n1. The third-order valence-corrected chi connectivity index (χ3v) is 2.97. The van der Waals surface area contributed by atoms with Gasteiger partial charge in [-0.05, 0) is 24.1 Å². The van der Waals surface area contributed by atoms with Crippen LogP contribution in [0.5, 0.6) is 5.75 Å². The van der Waals surface area contributed by atoms with Gasteiger partial charge in [0.15, 0.2) is 5.82 Å². The van der Waals surface area contributed by atoms with Gasteiger partial charge in [0.05, 0.1) is 13.5 Å². The van der Waals surface area contributed by atoms with E-state index in [2.05, 4.69) is 10.1 Å². The number of hydrogen-bond acceptors (Lipinski definition) is 5. The van der Waals surface area contributed by atoms with Gasteiger partial charge in [0.2, 0.25) is 5.89 Å². The van der Waals surface area contributed by atoms with Crippen LogP contribution in [-0.4, -0.2) is 23.3 Å². The Kier molecular flexibility index (Phi) is 4.52. The Bertz CT molecular complexity index is 525. The number of hydrogen-bond donors (Lipinski definition) is 1. The third kappa shape index (κ3) is 3.79. The summed E-state index contributed by atoms with van der Waals surface area (Å²) in [4.78, 5) is 4.35. The molecule has 102 valence electrons. The molecule has 0 amide bonds. The predicted molar refractivity (Wildman–Crippen MR) is 72.1 cm³/mol. The maximum Gasteiger partial charge on any atom is 0.231 e. The predicted octanol–water partition coefficient (Wildman–Crippen LogP) is 1.95. The zero-order valence-electron chi connectivity index (χ0n) is 11.3. The molecule has 2 N–H and O–H groups in total. The van der Waals surface area contributed by atoms with E-state index in [9.17, 15) is 0 Å². The Balaban J connectivity index is 2.02. The van der Waals surface area contributed by atoms with Gasteiger partial charge in [-0.2, -0.15) is 4.98 Å². The second-order valence-electron chi connectivity index (χ2n) is 4.51. The molecule has 0 aliphatic carbocycles.